The molecule has 2 unspecified atom stereocenters. The molecule has 0 aliphatic heterocycles. The van der Waals surface area contributed by atoms with Crippen LogP contribution in [0.4, 0.5) is 0 Å². The van der Waals surface area contributed by atoms with E-state index in [0.29, 0.717) is 41.0 Å². The van der Waals surface area contributed by atoms with Gasteiger partial charge in [-0.05, 0) is 115 Å². The Morgan fingerprint density at radius 2 is 1.93 bits per heavy atom. The highest BCUT2D eigenvalue weighted by molar-refractivity contribution is 6.35. The van der Waals surface area contributed by atoms with Gasteiger partial charge in [0.25, 0.3) is 0 Å². The lowest BCUT2D eigenvalue weighted by Gasteiger charge is -2.59. The van der Waals surface area contributed by atoms with E-state index in [2.05, 4.69) is 46.4 Å². The normalized spacial score (nSPS) is 37.1. The van der Waals surface area contributed by atoms with Crippen LogP contribution in [0, 0.1) is 46.3 Å². The Morgan fingerprint density at radius 3 is 2.67 bits per heavy atom. The number of hydrogen-bond acceptors (Lipinski definition) is 3. The zero-order valence-corrected chi connectivity index (χ0v) is 27.7. The molecule has 42 heavy (non-hydrogen) atoms. The van der Waals surface area contributed by atoms with Crippen LogP contribution in [-0.2, 0) is 16.0 Å². The van der Waals surface area contributed by atoms with Gasteiger partial charge in [0, 0.05) is 22.5 Å². The van der Waals surface area contributed by atoms with E-state index in [1.54, 1.807) is 0 Å². The van der Waals surface area contributed by atoms with Gasteiger partial charge in [-0.15, -0.1) is 0 Å². The molecule has 0 radical (unpaired) electrons. The summed E-state index contributed by atoms with van der Waals surface area (Å²) in [6.45, 7) is 13.5. The quantitative estimate of drug-likeness (QED) is 0.162. The van der Waals surface area contributed by atoms with Crippen molar-refractivity contribution in [3.63, 3.8) is 0 Å². The van der Waals surface area contributed by atoms with Crippen LogP contribution in [0.5, 0.6) is 0 Å². The van der Waals surface area contributed by atoms with Gasteiger partial charge in [-0.3, -0.25) is 0 Å². The zero-order valence-electron chi connectivity index (χ0n) is 26.2. The Morgan fingerprint density at radius 1 is 1.14 bits per heavy atom. The van der Waals surface area contributed by atoms with Crippen LogP contribution in [0.3, 0.4) is 0 Å². The third kappa shape index (κ3) is 6.27. The van der Waals surface area contributed by atoms with Crippen molar-refractivity contribution in [3.8, 4) is 0 Å². The summed E-state index contributed by atoms with van der Waals surface area (Å²) in [4.78, 5) is 11.9. The number of esters is 1. The van der Waals surface area contributed by atoms with Crippen molar-refractivity contribution in [1.82, 2.24) is 0 Å². The number of allylic oxidation sites excluding steroid dienone is 1. The maximum atomic E-state index is 11.9. The molecule has 0 bridgehead atoms. The Bertz CT molecular complexity index is 1180. The molecule has 5 rings (SSSR count). The number of carbonyl (C=O) groups is 1. The minimum atomic E-state index is -0.606. The summed E-state index contributed by atoms with van der Waals surface area (Å²) in [7, 11) is 0. The zero-order chi connectivity index (χ0) is 30.2. The van der Waals surface area contributed by atoms with Crippen LogP contribution in [0.2, 0.25) is 10.0 Å². The minimum absolute atomic E-state index is 0.0107. The van der Waals surface area contributed by atoms with Crippen molar-refractivity contribution in [2.24, 2.45) is 46.3 Å². The largest absolute Gasteiger partial charge is 0.456 e. The Hall–Kier alpha value is -1.29. The molecule has 3 saturated carbocycles. The van der Waals surface area contributed by atoms with E-state index < -0.39 is 18.2 Å². The topological polar surface area (TPSA) is 46.5 Å². The van der Waals surface area contributed by atoms with Crippen LogP contribution < -0.4 is 0 Å². The lowest BCUT2D eigenvalue weighted by Crippen LogP contribution is -2.53. The molecule has 4 aliphatic rings. The third-order valence-electron chi connectivity index (χ3n) is 12.6. The van der Waals surface area contributed by atoms with Gasteiger partial charge in [-0.25, -0.2) is 4.79 Å². The second-order valence-electron chi connectivity index (χ2n) is 14.9. The molecular weight excluding hydrogens is 563 g/mol. The second-order valence-corrected chi connectivity index (χ2v) is 15.8. The van der Waals surface area contributed by atoms with Crippen molar-refractivity contribution >= 4 is 29.2 Å². The van der Waals surface area contributed by atoms with Crippen molar-refractivity contribution in [2.75, 3.05) is 0 Å². The van der Waals surface area contributed by atoms with E-state index in [-0.39, 0.29) is 5.41 Å². The molecule has 3 nitrogen and oxygen atoms in total. The highest BCUT2D eigenvalue weighted by Gasteiger charge is 2.60. The maximum absolute atomic E-state index is 11.9. The fraction of sp³-hybridized carbons (Fsp3) is 0.703. The lowest BCUT2D eigenvalue weighted by molar-refractivity contribution is -0.155. The summed E-state index contributed by atoms with van der Waals surface area (Å²) in [6.07, 6.45) is 16.5. The number of ether oxygens (including phenoxy) is 1. The van der Waals surface area contributed by atoms with E-state index in [4.69, 9.17) is 27.9 Å². The Kier molecular flexibility index (Phi) is 9.92. The molecular formula is C37H52Cl2O3. The first-order valence-corrected chi connectivity index (χ1v) is 17.4. The number of benzene rings is 1. The molecule has 0 saturated heterocycles. The van der Waals surface area contributed by atoms with Gasteiger partial charge in [0.05, 0.1) is 6.10 Å². The molecule has 3 fully saturated rings. The van der Waals surface area contributed by atoms with E-state index in [1.165, 1.54) is 68.6 Å². The fourth-order valence-corrected chi connectivity index (χ4v) is 10.7. The van der Waals surface area contributed by atoms with Crippen molar-refractivity contribution in [2.45, 2.75) is 117 Å². The van der Waals surface area contributed by atoms with Crippen molar-refractivity contribution < 1.29 is 14.6 Å². The molecule has 1 aromatic carbocycles. The van der Waals surface area contributed by atoms with E-state index in [0.717, 1.165) is 35.6 Å². The first-order valence-electron chi connectivity index (χ1n) is 16.6. The van der Waals surface area contributed by atoms with Gasteiger partial charge >= 0.3 is 5.97 Å². The Labute approximate surface area is 264 Å². The average Bonchev–Trinajstić information content (AvgIpc) is 3.30. The smallest absolute Gasteiger partial charge is 0.330 e. The summed E-state index contributed by atoms with van der Waals surface area (Å²) in [5.74, 6) is 3.92. The average molecular weight is 616 g/mol. The first kappa shape index (κ1) is 32.1. The van der Waals surface area contributed by atoms with Crippen LogP contribution in [0.1, 0.15) is 104 Å². The van der Waals surface area contributed by atoms with Crippen LogP contribution in [0.15, 0.2) is 42.5 Å². The number of aliphatic hydroxyl groups is 1. The standard InChI is InChI=1S/C37H52Cl2O3/c1-6-35(41)42-34-20-26-13-15-28-30-17-16-29(36(30,4)19-18-31(28)37(26,5)22-33(34)40)24(3)9-7-8-23(2)10-11-25-12-14-27(38)21-32(25)39/h6,12-14,21,23-24,28-31,33-34,40H,1,7-11,15-20,22H2,2-5H3/t23?,24-,28+,29-,30+,31+,33?,34-,36-,37+/m1/s1. The molecule has 0 spiro atoms. The number of aliphatic hydroxyl groups excluding tert-OH is 1. The molecule has 10 atom stereocenters. The summed E-state index contributed by atoms with van der Waals surface area (Å²) in [5, 5.41) is 12.5. The summed E-state index contributed by atoms with van der Waals surface area (Å²) in [6, 6.07) is 5.87. The molecule has 1 aromatic rings. The predicted molar refractivity (Wildman–Crippen MR) is 174 cm³/mol. The second kappa shape index (κ2) is 13.0. The third-order valence-corrected chi connectivity index (χ3v) is 13.2. The van der Waals surface area contributed by atoms with Gasteiger partial charge < -0.3 is 9.84 Å². The molecule has 0 aromatic heterocycles. The van der Waals surface area contributed by atoms with Crippen LogP contribution >= 0.6 is 23.2 Å². The molecule has 0 amide bonds. The van der Waals surface area contributed by atoms with E-state index in [1.807, 2.05) is 12.1 Å². The van der Waals surface area contributed by atoms with Crippen molar-refractivity contribution in [1.29, 1.82) is 0 Å². The van der Waals surface area contributed by atoms with Gasteiger partial charge in [-0.1, -0.05) is 94.5 Å². The first-order chi connectivity index (χ1) is 20.0. The van der Waals surface area contributed by atoms with Crippen LogP contribution in [0.25, 0.3) is 0 Å². The number of aryl methyl sites for hydroxylation is 1. The van der Waals surface area contributed by atoms with Gasteiger partial charge in [0.15, 0.2) is 0 Å². The fourth-order valence-electron chi connectivity index (χ4n) is 10.2. The summed E-state index contributed by atoms with van der Waals surface area (Å²) >= 11 is 12.5. The number of halogens is 2. The summed E-state index contributed by atoms with van der Waals surface area (Å²) < 4.78 is 5.54. The molecule has 232 valence electrons. The highest BCUT2D eigenvalue weighted by atomic mass is 35.5. The van der Waals surface area contributed by atoms with E-state index >= 15 is 0 Å². The number of carbonyl (C=O) groups excluding carboxylic acids is 1. The van der Waals surface area contributed by atoms with Gasteiger partial charge in [-0.2, -0.15) is 0 Å². The predicted octanol–water partition coefficient (Wildman–Crippen LogP) is 10.0. The molecule has 1 N–H and O–H groups in total. The number of fused-ring (bicyclic) bond motifs is 5. The minimum Gasteiger partial charge on any atom is -0.456 e. The van der Waals surface area contributed by atoms with Gasteiger partial charge in [0.1, 0.15) is 6.10 Å². The molecule has 4 aliphatic carbocycles. The lowest BCUT2D eigenvalue weighted by atomic mass is 9.46. The number of rotatable bonds is 10. The van der Waals surface area contributed by atoms with Crippen molar-refractivity contribution in [3.05, 3.63) is 58.1 Å². The molecule has 5 heteroatoms. The monoisotopic (exact) mass is 614 g/mol. The summed E-state index contributed by atoms with van der Waals surface area (Å²) in [5.41, 5.74) is 3.06. The molecule has 0 heterocycles. The SMILES string of the molecule is C=CC(=O)O[C@@H]1CC2=CC[C@H]3[C@@H]4CC[C@H]([C@H](C)CCCC(C)CCc5ccc(Cl)cc5Cl)[C@@]4(C)CC[C@@H]3[C@@]2(C)CC1O. The van der Waals surface area contributed by atoms with E-state index in [9.17, 15) is 9.90 Å². The highest BCUT2D eigenvalue weighted by Crippen LogP contribution is 2.67. The number of hydrogen-bond donors (Lipinski definition) is 1. The van der Waals surface area contributed by atoms with Crippen LogP contribution in [-0.4, -0.2) is 23.3 Å². The maximum Gasteiger partial charge on any atom is 0.330 e. The van der Waals surface area contributed by atoms with Gasteiger partial charge in [0.2, 0.25) is 0 Å². The Balaban J connectivity index is 1.16.